The highest BCUT2D eigenvalue weighted by molar-refractivity contribution is 5.93. The third-order valence-corrected chi connectivity index (χ3v) is 6.08. The predicted octanol–water partition coefficient (Wildman–Crippen LogP) is 5.17. The van der Waals surface area contributed by atoms with E-state index in [0.29, 0.717) is 6.42 Å². The molecule has 0 unspecified atom stereocenters. The van der Waals surface area contributed by atoms with Gasteiger partial charge in [0, 0.05) is 18.4 Å². The lowest BCUT2D eigenvalue weighted by atomic mass is 9.98. The van der Waals surface area contributed by atoms with Crippen LogP contribution in [-0.4, -0.2) is 35.7 Å². The summed E-state index contributed by atoms with van der Waals surface area (Å²) in [6.45, 7) is 1.97. The first-order chi connectivity index (χ1) is 16.9. The van der Waals surface area contributed by atoms with Crippen LogP contribution in [0.4, 0.5) is 14.9 Å². The number of carboxylic acids is 1. The number of benzene rings is 3. The molecule has 3 aromatic carbocycles. The summed E-state index contributed by atoms with van der Waals surface area (Å²) in [6, 6.07) is 18.8. The monoisotopic (exact) mass is 476 g/mol. The Hall–Kier alpha value is -4.20. The second-order valence-corrected chi connectivity index (χ2v) is 8.33. The number of nitrogens with one attached hydrogen (secondary N) is 2. The lowest BCUT2D eigenvalue weighted by molar-refractivity contribution is -0.116. The summed E-state index contributed by atoms with van der Waals surface area (Å²) in [5, 5.41) is 14.0. The Morgan fingerprint density at radius 1 is 1.00 bits per heavy atom. The third-order valence-electron chi connectivity index (χ3n) is 6.08. The van der Waals surface area contributed by atoms with Gasteiger partial charge in [0.25, 0.3) is 0 Å². The van der Waals surface area contributed by atoms with Gasteiger partial charge in [0.15, 0.2) is 0 Å². The molecule has 0 fully saturated rings. The summed E-state index contributed by atoms with van der Waals surface area (Å²) >= 11 is 0. The van der Waals surface area contributed by atoms with Crippen LogP contribution >= 0.6 is 0 Å². The lowest BCUT2D eigenvalue weighted by Crippen LogP contribution is -2.38. The van der Waals surface area contributed by atoms with Crippen molar-refractivity contribution in [2.24, 2.45) is 0 Å². The standard InChI is InChI=1S/C27H25FN2O5/c1-2-17(14-25(31)30-24-12-11-16(26(32)33)13-23(24)28)29-27(34)35-15-22-20-9-5-3-7-18(20)19-8-4-6-10-21(19)22/h3-13,17,22H,2,14-15H2,1H3,(H,29,34)(H,30,31)(H,32,33)/t17-/m1/s1. The van der Waals surface area contributed by atoms with Gasteiger partial charge in [0.05, 0.1) is 11.3 Å². The molecule has 0 radical (unpaired) electrons. The quantitative estimate of drug-likeness (QED) is 0.416. The molecule has 0 saturated carbocycles. The highest BCUT2D eigenvalue weighted by Crippen LogP contribution is 2.44. The molecular weight excluding hydrogens is 451 g/mol. The number of rotatable bonds is 8. The summed E-state index contributed by atoms with van der Waals surface area (Å²) in [4.78, 5) is 35.8. The molecule has 0 aromatic heterocycles. The van der Waals surface area contributed by atoms with Crippen molar-refractivity contribution in [1.82, 2.24) is 5.32 Å². The maximum absolute atomic E-state index is 14.1. The lowest BCUT2D eigenvalue weighted by Gasteiger charge is -2.19. The molecule has 3 N–H and O–H groups in total. The molecule has 0 bridgehead atoms. The van der Waals surface area contributed by atoms with Crippen LogP contribution in [0, 0.1) is 5.82 Å². The molecule has 3 aromatic rings. The van der Waals surface area contributed by atoms with E-state index < -0.39 is 29.8 Å². The second-order valence-electron chi connectivity index (χ2n) is 8.33. The largest absolute Gasteiger partial charge is 0.478 e. The van der Waals surface area contributed by atoms with Crippen molar-refractivity contribution in [3.8, 4) is 11.1 Å². The van der Waals surface area contributed by atoms with E-state index in [4.69, 9.17) is 9.84 Å². The minimum atomic E-state index is -1.26. The fraction of sp³-hybridized carbons (Fsp3) is 0.222. The van der Waals surface area contributed by atoms with Crippen molar-refractivity contribution in [2.45, 2.75) is 31.7 Å². The van der Waals surface area contributed by atoms with E-state index in [0.717, 1.165) is 28.3 Å². The van der Waals surface area contributed by atoms with E-state index in [2.05, 4.69) is 22.8 Å². The summed E-state index contributed by atoms with van der Waals surface area (Å²) in [5.74, 6) is -2.71. The van der Waals surface area contributed by atoms with Crippen molar-refractivity contribution in [3.05, 3.63) is 89.2 Å². The number of carbonyl (C=O) groups is 3. The van der Waals surface area contributed by atoms with Crippen LogP contribution in [0.3, 0.4) is 0 Å². The zero-order chi connectivity index (χ0) is 24.9. The van der Waals surface area contributed by atoms with Gasteiger partial charge in [-0.2, -0.15) is 0 Å². The van der Waals surface area contributed by atoms with Gasteiger partial charge < -0.3 is 20.5 Å². The molecule has 35 heavy (non-hydrogen) atoms. The Morgan fingerprint density at radius 3 is 2.20 bits per heavy atom. The van der Waals surface area contributed by atoms with E-state index in [1.165, 1.54) is 12.1 Å². The van der Waals surface area contributed by atoms with Crippen molar-refractivity contribution in [3.63, 3.8) is 0 Å². The first kappa shape index (κ1) is 23.9. The molecule has 2 amide bonds. The van der Waals surface area contributed by atoms with Crippen LogP contribution in [0.5, 0.6) is 0 Å². The molecule has 8 heteroatoms. The first-order valence-corrected chi connectivity index (χ1v) is 11.3. The molecule has 1 aliphatic rings. The molecule has 0 aliphatic heterocycles. The van der Waals surface area contributed by atoms with Gasteiger partial charge in [-0.3, -0.25) is 4.79 Å². The Bertz CT molecular complexity index is 1230. The normalized spacial score (nSPS) is 12.9. The first-order valence-electron chi connectivity index (χ1n) is 11.3. The van der Waals surface area contributed by atoms with Crippen molar-refractivity contribution in [2.75, 3.05) is 11.9 Å². The fourth-order valence-corrected chi connectivity index (χ4v) is 4.28. The number of fused-ring (bicyclic) bond motifs is 3. The van der Waals surface area contributed by atoms with Crippen molar-refractivity contribution in [1.29, 1.82) is 0 Å². The molecular formula is C27H25FN2O5. The molecule has 0 heterocycles. The number of hydrogen-bond acceptors (Lipinski definition) is 4. The molecule has 4 rings (SSSR count). The van der Waals surface area contributed by atoms with Crippen LogP contribution < -0.4 is 10.6 Å². The van der Waals surface area contributed by atoms with Gasteiger partial charge >= 0.3 is 12.1 Å². The van der Waals surface area contributed by atoms with E-state index >= 15 is 0 Å². The number of anilines is 1. The van der Waals surface area contributed by atoms with E-state index in [9.17, 15) is 18.8 Å². The number of aromatic carboxylic acids is 1. The predicted molar refractivity (Wildman–Crippen MR) is 129 cm³/mol. The van der Waals surface area contributed by atoms with Crippen LogP contribution in [-0.2, 0) is 9.53 Å². The molecule has 0 saturated heterocycles. The van der Waals surface area contributed by atoms with Gasteiger partial charge in [-0.15, -0.1) is 0 Å². The SMILES string of the molecule is CC[C@H](CC(=O)Nc1ccc(C(=O)O)cc1F)NC(=O)OCC1c2ccccc2-c2ccccc21. The Morgan fingerprint density at radius 2 is 1.63 bits per heavy atom. The Kier molecular flexibility index (Phi) is 7.10. The average molecular weight is 477 g/mol. The molecule has 180 valence electrons. The third kappa shape index (κ3) is 5.32. The van der Waals surface area contributed by atoms with E-state index in [1.54, 1.807) is 0 Å². The van der Waals surface area contributed by atoms with E-state index in [1.807, 2.05) is 43.3 Å². The van der Waals surface area contributed by atoms with Crippen molar-refractivity contribution >= 4 is 23.7 Å². The van der Waals surface area contributed by atoms with Crippen LogP contribution in [0.2, 0.25) is 0 Å². The summed E-state index contributed by atoms with van der Waals surface area (Å²) in [5.41, 5.74) is 4.11. The maximum atomic E-state index is 14.1. The highest BCUT2D eigenvalue weighted by atomic mass is 19.1. The number of amides is 2. The Balaban J connectivity index is 1.33. The number of alkyl carbamates (subject to hydrolysis) is 1. The number of halogens is 1. The topological polar surface area (TPSA) is 105 Å². The molecule has 7 nitrogen and oxygen atoms in total. The summed E-state index contributed by atoms with van der Waals surface area (Å²) in [7, 11) is 0. The smallest absolute Gasteiger partial charge is 0.407 e. The van der Waals surface area contributed by atoms with E-state index in [-0.39, 0.29) is 30.2 Å². The molecule has 1 atom stereocenters. The zero-order valence-corrected chi connectivity index (χ0v) is 19.1. The van der Waals surface area contributed by atoms with Gasteiger partial charge in [0.1, 0.15) is 12.4 Å². The maximum Gasteiger partial charge on any atom is 0.407 e. The number of carbonyl (C=O) groups excluding carboxylic acids is 2. The summed E-state index contributed by atoms with van der Waals surface area (Å²) < 4.78 is 19.6. The van der Waals surface area contributed by atoms with Gasteiger partial charge in [-0.05, 0) is 46.9 Å². The molecule has 1 aliphatic carbocycles. The molecule has 0 spiro atoms. The minimum absolute atomic E-state index is 0.0757. The highest BCUT2D eigenvalue weighted by Gasteiger charge is 2.29. The number of hydrogen-bond donors (Lipinski definition) is 3. The fourth-order valence-electron chi connectivity index (χ4n) is 4.28. The zero-order valence-electron chi connectivity index (χ0n) is 19.1. The van der Waals surface area contributed by atoms with Crippen LogP contribution in [0.15, 0.2) is 66.7 Å². The van der Waals surface area contributed by atoms with Crippen LogP contribution in [0.25, 0.3) is 11.1 Å². The summed E-state index contributed by atoms with van der Waals surface area (Å²) in [6.07, 6.45) is -0.276. The van der Waals surface area contributed by atoms with Crippen molar-refractivity contribution < 1.29 is 28.6 Å². The van der Waals surface area contributed by atoms with Gasteiger partial charge in [-0.25, -0.2) is 14.0 Å². The Labute approximate surface area is 201 Å². The minimum Gasteiger partial charge on any atom is -0.478 e. The van der Waals surface area contributed by atoms with Gasteiger partial charge in [-0.1, -0.05) is 55.5 Å². The van der Waals surface area contributed by atoms with Gasteiger partial charge in [0.2, 0.25) is 5.91 Å². The average Bonchev–Trinajstić information content (AvgIpc) is 3.17. The van der Waals surface area contributed by atoms with Crippen LogP contribution in [0.1, 0.15) is 47.2 Å². The second kappa shape index (κ2) is 10.4. The number of carboxylic acid groups (broad SMARTS) is 1. The number of ether oxygens (including phenoxy) is 1.